The molecule has 0 saturated carbocycles. The van der Waals surface area contributed by atoms with Gasteiger partial charge in [-0.05, 0) is 43.9 Å². The number of nitrogens with one attached hydrogen (secondary N) is 1. The van der Waals surface area contributed by atoms with Crippen molar-refractivity contribution < 1.29 is 14.0 Å². The fraction of sp³-hybridized carbons (Fsp3) is 0.391. The minimum Gasteiger partial charge on any atom is -0.339 e. The molecule has 4 heterocycles. The molecule has 0 spiro atoms. The van der Waals surface area contributed by atoms with E-state index in [9.17, 15) is 14.0 Å². The van der Waals surface area contributed by atoms with E-state index in [0.29, 0.717) is 19.6 Å². The topological polar surface area (TPSA) is 82.2 Å². The maximum absolute atomic E-state index is 14.1. The van der Waals surface area contributed by atoms with E-state index in [0.717, 1.165) is 42.5 Å². The highest BCUT2D eigenvalue weighted by Crippen LogP contribution is 2.34. The van der Waals surface area contributed by atoms with Crippen LogP contribution in [0.25, 0.3) is 11.0 Å². The fourth-order valence-corrected chi connectivity index (χ4v) is 4.75. The van der Waals surface area contributed by atoms with Crippen molar-refractivity contribution in [2.75, 3.05) is 19.6 Å². The standard InChI is InChI=1S/C23H24FN5O2/c24-17-7-2-1-6-16(17)23(31)28-11-3-5-15(14-28)22(30)29-12-4-8-20(29)21-26-18-9-10-25-13-19(18)27-21/h1-2,6-7,9-10,13,15,20H,3-5,8,11-12,14H2,(H,26,27). The summed E-state index contributed by atoms with van der Waals surface area (Å²) in [7, 11) is 0. The number of carbonyl (C=O) groups excluding carboxylic acids is 2. The van der Waals surface area contributed by atoms with Crippen LogP contribution < -0.4 is 0 Å². The van der Waals surface area contributed by atoms with E-state index in [1.165, 1.54) is 12.1 Å². The second kappa shape index (κ2) is 8.09. The van der Waals surface area contributed by atoms with Crippen LogP contribution in [0.3, 0.4) is 0 Å². The van der Waals surface area contributed by atoms with Gasteiger partial charge in [-0.25, -0.2) is 9.37 Å². The third kappa shape index (κ3) is 3.66. The smallest absolute Gasteiger partial charge is 0.256 e. The van der Waals surface area contributed by atoms with Crippen LogP contribution in [0.2, 0.25) is 0 Å². The quantitative estimate of drug-likeness (QED) is 0.703. The molecular weight excluding hydrogens is 397 g/mol. The molecular formula is C23H24FN5O2. The highest BCUT2D eigenvalue weighted by atomic mass is 19.1. The second-order valence-corrected chi connectivity index (χ2v) is 8.27. The van der Waals surface area contributed by atoms with Crippen molar-refractivity contribution in [2.24, 2.45) is 5.92 Å². The lowest BCUT2D eigenvalue weighted by molar-refractivity contribution is -0.138. The van der Waals surface area contributed by atoms with Crippen LogP contribution in [-0.4, -0.2) is 56.2 Å². The lowest BCUT2D eigenvalue weighted by Gasteiger charge is -2.35. The maximum atomic E-state index is 14.1. The molecule has 1 aromatic carbocycles. The van der Waals surface area contributed by atoms with Crippen LogP contribution in [-0.2, 0) is 4.79 Å². The normalized spacial score (nSPS) is 21.6. The minimum absolute atomic E-state index is 0.0483. The summed E-state index contributed by atoms with van der Waals surface area (Å²) in [5, 5.41) is 0. The first-order valence-electron chi connectivity index (χ1n) is 10.8. The van der Waals surface area contributed by atoms with Crippen LogP contribution in [0, 0.1) is 11.7 Å². The van der Waals surface area contributed by atoms with Gasteiger partial charge in [-0.15, -0.1) is 0 Å². The summed E-state index contributed by atoms with van der Waals surface area (Å²) in [5.41, 5.74) is 1.75. The Morgan fingerprint density at radius 1 is 1.10 bits per heavy atom. The number of benzene rings is 1. The number of rotatable bonds is 3. The lowest BCUT2D eigenvalue weighted by Crippen LogP contribution is -2.46. The number of aromatic nitrogens is 3. The molecule has 0 aliphatic carbocycles. The van der Waals surface area contributed by atoms with Crippen LogP contribution in [0.4, 0.5) is 4.39 Å². The number of likely N-dealkylation sites (tertiary alicyclic amines) is 2. The van der Waals surface area contributed by atoms with E-state index >= 15 is 0 Å². The molecule has 2 atom stereocenters. The van der Waals surface area contributed by atoms with Gasteiger partial charge < -0.3 is 14.8 Å². The Hall–Kier alpha value is -3.29. The van der Waals surface area contributed by atoms with Gasteiger partial charge in [-0.1, -0.05) is 12.1 Å². The lowest BCUT2D eigenvalue weighted by atomic mass is 9.95. The molecule has 2 unspecified atom stereocenters. The summed E-state index contributed by atoms with van der Waals surface area (Å²) in [5.74, 6) is -0.328. The Labute approximate surface area is 179 Å². The number of amides is 2. The third-order valence-corrected chi connectivity index (χ3v) is 6.32. The average molecular weight is 421 g/mol. The summed E-state index contributed by atoms with van der Waals surface area (Å²) < 4.78 is 14.1. The van der Waals surface area contributed by atoms with E-state index in [1.807, 2.05) is 11.0 Å². The number of H-pyrrole nitrogens is 1. The highest BCUT2D eigenvalue weighted by Gasteiger charge is 2.38. The van der Waals surface area contributed by atoms with Gasteiger partial charge in [-0.3, -0.25) is 14.6 Å². The summed E-state index contributed by atoms with van der Waals surface area (Å²) in [6.45, 7) is 1.53. The first kappa shape index (κ1) is 19.7. The van der Waals surface area contributed by atoms with Gasteiger partial charge in [0.15, 0.2) is 0 Å². The molecule has 5 rings (SSSR count). The van der Waals surface area contributed by atoms with Gasteiger partial charge in [0.25, 0.3) is 5.91 Å². The van der Waals surface area contributed by atoms with Gasteiger partial charge in [0.05, 0.1) is 34.8 Å². The van der Waals surface area contributed by atoms with Gasteiger partial charge >= 0.3 is 0 Å². The number of piperidine rings is 1. The number of imidazole rings is 1. The van der Waals surface area contributed by atoms with Crippen LogP contribution in [0.15, 0.2) is 42.7 Å². The van der Waals surface area contributed by atoms with E-state index in [4.69, 9.17) is 0 Å². The number of pyridine rings is 1. The predicted octanol–water partition coefficient (Wildman–Crippen LogP) is 3.31. The number of hydrogen-bond donors (Lipinski definition) is 1. The number of halogens is 1. The summed E-state index contributed by atoms with van der Waals surface area (Å²) in [6, 6.07) is 7.76. The molecule has 2 aliphatic heterocycles. The van der Waals surface area contributed by atoms with Gasteiger partial charge in [0, 0.05) is 25.8 Å². The zero-order valence-corrected chi connectivity index (χ0v) is 17.1. The number of fused-ring (bicyclic) bond motifs is 1. The summed E-state index contributed by atoms with van der Waals surface area (Å²) >= 11 is 0. The van der Waals surface area contributed by atoms with Crippen molar-refractivity contribution in [2.45, 2.75) is 31.7 Å². The van der Waals surface area contributed by atoms with Gasteiger partial charge in [-0.2, -0.15) is 0 Å². The van der Waals surface area contributed by atoms with Crippen molar-refractivity contribution in [1.29, 1.82) is 0 Å². The second-order valence-electron chi connectivity index (χ2n) is 8.27. The van der Waals surface area contributed by atoms with Crippen LogP contribution >= 0.6 is 0 Å². The SMILES string of the molecule is O=C(c1ccccc1F)N1CCCC(C(=O)N2CCCC2c2nc3ccncc3[nH]2)C1. The van der Waals surface area contributed by atoms with Gasteiger partial charge in [0.1, 0.15) is 11.6 Å². The largest absolute Gasteiger partial charge is 0.339 e. The first-order valence-corrected chi connectivity index (χ1v) is 10.8. The molecule has 2 amide bonds. The molecule has 2 aromatic heterocycles. The Balaban J connectivity index is 1.33. The first-order chi connectivity index (χ1) is 15.1. The van der Waals surface area contributed by atoms with E-state index < -0.39 is 5.82 Å². The molecule has 2 aliphatic rings. The van der Waals surface area contributed by atoms with E-state index in [1.54, 1.807) is 29.4 Å². The van der Waals surface area contributed by atoms with Crippen molar-refractivity contribution in [3.8, 4) is 0 Å². The zero-order valence-electron chi connectivity index (χ0n) is 17.1. The van der Waals surface area contributed by atoms with E-state index in [2.05, 4.69) is 15.0 Å². The van der Waals surface area contributed by atoms with Crippen LogP contribution in [0.5, 0.6) is 0 Å². The van der Waals surface area contributed by atoms with Crippen molar-refractivity contribution in [3.63, 3.8) is 0 Å². The Morgan fingerprint density at radius 3 is 2.77 bits per heavy atom. The Kier molecular flexibility index (Phi) is 5.13. The molecule has 7 nitrogen and oxygen atoms in total. The monoisotopic (exact) mass is 421 g/mol. The Morgan fingerprint density at radius 2 is 1.94 bits per heavy atom. The zero-order chi connectivity index (χ0) is 21.4. The summed E-state index contributed by atoms with van der Waals surface area (Å²) in [4.78, 5) is 41.9. The fourth-order valence-electron chi connectivity index (χ4n) is 4.75. The average Bonchev–Trinajstić information content (AvgIpc) is 3.45. The summed E-state index contributed by atoms with van der Waals surface area (Å²) in [6.07, 6.45) is 6.66. The number of hydrogen-bond acceptors (Lipinski definition) is 4. The molecule has 2 saturated heterocycles. The molecule has 0 radical (unpaired) electrons. The molecule has 8 heteroatoms. The predicted molar refractivity (Wildman–Crippen MR) is 113 cm³/mol. The van der Waals surface area contributed by atoms with E-state index in [-0.39, 0.29) is 29.3 Å². The van der Waals surface area contributed by atoms with Crippen molar-refractivity contribution in [3.05, 3.63) is 59.9 Å². The molecule has 3 aromatic rings. The number of nitrogens with zero attached hydrogens (tertiary/aromatic N) is 4. The maximum Gasteiger partial charge on any atom is 0.256 e. The minimum atomic E-state index is -0.528. The number of carbonyl (C=O) groups is 2. The van der Waals surface area contributed by atoms with Gasteiger partial charge in [0.2, 0.25) is 5.91 Å². The molecule has 160 valence electrons. The van der Waals surface area contributed by atoms with Crippen LogP contribution in [0.1, 0.15) is 47.9 Å². The Bertz CT molecular complexity index is 1100. The molecule has 1 N–H and O–H groups in total. The highest BCUT2D eigenvalue weighted by molar-refractivity contribution is 5.95. The van der Waals surface area contributed by atoms with Crippen molar-refractivity contribution >= 4 is 22.8 Å². The molecule has 31 heavy (non-hydrogen) atoms. The third-order valence-electron chi connectivity index (χ3n) is 6.32. The molecule has 0 bridgehead atoms. The van der Waals surface area contributed by atoms with Crippen molar-refractivity contribution in [1.82, 2.24) is 24.8 Å². The molecule has 2 fully saturated rings. The number of aromatic amines is 1.